The number of H-pyrrole nitrogens is 1. The molecule has 0 aliphatic heterocycles. The van der Waals surface area contributed by atoms with E-state index in [-0.39, 0.29) is 34.7 Å². The molecule has 4 aromatic rings. The molecule has 0 amide bonds. The summed E-state index contributed by atoms with van der Waals surface area (Å²) >= 11 is 0. The van der Waals surface area contributed by atoms with Crippen LogP contribution in [0, 0.1) is 11.6 Å². The zero-order valence-corrected chi connectivity index (χ0v) is 13.3. The number of nitrogens with one attached hydrogen (secondary N) is 1. The van der Waals surface area contributed by atoms with E-state index in [0.717, 1.165) is 12.3 Å². The van der Waals surface area contributed by atoms with E-state index < -0.39 is 23.6 Å². The first-order chi connectivity index (χ1) is 12.8. The van der Waals surface area contributed by atoms with Gasteiger partial charge in [-0.25, -0.2) is 23.4 Å². The fraction of sp³-hybridized carbons (Fsp3) is 0.125. The molecule has 138 valence electrons. The van der Waals surface area contributed by atoms with Crippen LogP contribution in [0.5, 0.6) is 0 Å². The van der Waals surface area contributed by atoms with E-state index in [1.807, 2.05) is 0 Å². The number of hydrogen-bond acceptors (Lipinski definition) is 4. The minimum atomic E-state index is -4.75. The maximum Gasteiger partial charge on any atom is 0.453 e. The second-order valence-electron chi connectivity index (χ2n) is 5.63. The molecule has 6 nitrogen and oxygen atoms in total. The Bertz CT molecular complexity index is 1130. The lowest BCUT2D eigenvalue weighted by Gasteiger charge is -2.04. The molecule has 11 heteroatoms. The summed E-state index contributed by atoms with van der Waals surface area (Å²) in [4.78, 5) is 7.30. The van der Waals surface area contributed by atoms with E-state index in [2.05, 4.69) is 25.3 Å². The van der Waals surface area contributed by atoms with E-state index in [1.165, 1.54) is 22.9 Å². The highest BCUT2D eigenvalue weighted by Gasteiger charge is 2.36. The standard InChI is InChI=1S/C16H9F5N6/c17-9-5-10-12(13-23-15(25-24-13)16(19,20)21)26-27(14(10)22-6-9)7-8-3-1-2-4-11(8)18/h1-6H,7H2,(H,23,24,25). The molecule has 0 unspecified atom stereocenters. The van der Waals surface area contributed by atoms with E-state index >= 15 is 0 Å². The van der Waals surface area contributed by atoms with Crippen LogP contribution >= 0.6 is 0 Å². The molecule has 0 aliphatic carbocycles. The Hall–Kier alpha value is -3.37. The average molecular weight is 380 g/mol. The van der Waals surface area contributed by atoms with Crippen LogP contribution in [0.2, 0.25) is 0 Å². The number of rotatable bonds is 3. The van der Waals surface area contributed by atoms with Crippen molar-refractivity contribution in [2.45, 2.75) is 12.7 Å². The van der Waals surface area contributed by atoms with E-state index in [9.17, 15) is 22.0 Å². The zero-order valence-electron chi connectivity index (χ0n) is 13.3. The third kappa shape index (κ3) is 3.11. The van der Waals surface area contributed by atoms with Gasteiger partial charge < -0.3 is 0 Å². The lowest BCUT2D eigenvalue weighted by Crippen LogP contribution is -2.07. The number of halogens is 5. The zero-order chi connectivity index (χ0) is 19.2. The quantitative estimate of drug-likeness (QED) is 0.552. The van der Waals surface area contributed by atoms with Crippen molar-refractivity contribution in [1.29, 1.82) is 0 Å². The SMILES string of the molecule is Fc1cnc2c(c1)c(-c1nc(C(F)(F)F)n[nH]1)nn2Cc1ccccc1F. The van der Waals surface area contributed by atoms with Gasteiger partial charge in [-0.15, -0.1) is 5.10 Å². The minimum absolute atomic E-state index is 0.0535. The first-order valence-corrected chi connectivity index (χ1v) is 7.58. The summed E-state index contributed by atoms with van der Waals surface area (Å²) in [6, 6.07) is 7.01. The smallest absolute Gasteiger partial charge is 0.257 e. The van der Waals surface area contributed by atoms with Gasteiger partial charge in [0.15, 0.2) is 11.5 Å². The van der Waals surface area contributed by atoms with Crippen LogP contribution in [0.15, 0.2) is 36.5 Å². The monoisotopic (exact) mass is 380 g/mol. The van der Waals surface area contributed by atoms with Crippen molar-refractivity contribution in [2.75, 3.05) is 0 Å². The fourth-order valence-electron chi connectivity index (χ4n) is 2.60. The molecule has 3 aromatic heterocycles. The summed E-state index contributed by atoms with van der Waals surface area (Å²) in [7, 11) is 0. The first kappa shape index (κ1) is 17.1. The van der Waals surface area contributed by atoms with Gasteiger partial charge in [0.25, 0.3) is 5.82 Å². The normalized spacial score (nSPS) is 12.0. The van der Waals surface area contributed by atoms with Crippen molar-refractivity contribution in [3.05, 3.63) is 59.6 Å². The van der Waals surface area contributed by atoms with Crippen molar-refractivity contribution in [2.24, 2.45) is 0 Å². The third-order valence-electron chi connectivity index (χ3n) is 3.79. The number of hydrogen-bond donors (Lipinski definition) is 1. The van der Waals surface area contributed by atoms with Crippen LogP contribution in [0.3, 0.4) is 0 Å². The Labute approximate surface area is 147 Å². The van der Waals surface area contributed by atoms with Crippen LogP contribution in [-0.4, -0.2) is 29.9 Å². The topological polar surface area (TPSA) is 72.3 Å². The van der Waals surface area contributed by atoms with Gasteiger partial charge in [0.1, 0.15) is 17.3 Å². The van der Waals surface area contributed by atoms with Crippen molar-refractivity contribution < 1.29 is 22.0 Å². The molecule has 1 N–H and O–H groups in total. The summed E-state index contributed by atoms with van der Waals surface area (Å²) in [5.41, 5.74) is 0.379. The van der Waals surface area contributed by atoms with Crippen LogP contribution in [0.4, 0.5) is 22.0 Å². The lowest BCUT2D eigenvalue weighted by molar-refractivity contribution is -0.144. The Morgan fingerprint density at radius 1 is 1.11 bits per heavy atom. The molecule has 0 fully saturated rings. The molecular weight excluding hydrogens is 371 g/mol. The number of aromatic amines is 1. The van der Waals surface area contributed by atoms with E-state index in [0.29, 0.717) is 0 Å². The Morgan fingerprint density at radius 3 is 2.59 bits per heavy atom. The molecule has 1 aromatic carbocycles. The summed E-state index contributed by atoms with van der Waals surface area (Å²) in [5.74, 6) is -2.86. The number of benzene rings is 1. The average Bonchev–Trinajstić information content (AvgIpc) is 3.22. The number of pyridine rings is 1. The number of aromatic nitrogens is 6. The molecule has 0 saturated heterocycles. The highest BCUT2D eigenvalue weighted by molar-refractivity contribution is 5.89. The second-order valence-corrected chi connectivity index (χ2v) is 5.63. The van der Waals surface area contributed by atoms with Crippen LogP contribution in [-0.2, 0) is 12.7 Å². The van der Waals surface area contributed by atoms with Crippen LogP contribution in [0.1, 0.15) is 11.4 Å². The van der Waals surface area contributed by atoms with Crippen molar-refractivity contribution >= 4 is 11.0 Å². The lowest BCUT2D eigenvalue weighted by atomic mass is 10.2. The molecule has 0 atom stereocenters. The van der Waals surface area contributed by atoms with Gasteiger partial charge >= 0.3 is 6.18 Å². The minimum Gasteiger partial charge on any atom is -0.257 e. The second kappa shape index (κ2) is 6.11. The molecule has 0 spiro atoms. The van der Waals surface area contributed by atoms with E-state index in [4.69, 9.17) is 0 Å². The van der Waals surface area contributed by atoms with Crippen LogP contribution in [0.25, 0.3) is 22.6 Å². The Balaban J connectivity index is 1.85. The Morgan fingerprint density at radius 2 is 1.89 bits per heavy atom. The summed E-state index contributed by atoms with van der Waals surface area (Å²) < 4.78 is 67.1. The summed E-state index contributed by atoms with van der Waals surface area (Å²) in [6.07, 6.45) is -3.81. The van der Waals surface area contributed by atoms with Crippen molar-refractivity contribution in [1.82, 2.24) is 29.9 Å². The highest BCUT2D eigenvalue weighted by atomic mass is 19.4. The third-order valence-corrected chi connectivity index (χ3v) is 3.79. The Kier molecular flexibility index (Phi) is 3.86. The number of alkyl halides is 3. The number of nitrogens with zero attached hydrogens (tertiary/aromatic N) is 5. The summed E-state index contributed by atoms with van der Waals surface area (Å²) in [5, 5.41) is 9.54. The van der Waals surface area contributed by atoms with Gasteiger partial charge in [-0.1, -0.05) is 18.2 Å². The molecule has 3 heterocycles. The van der Waals surface area contributed by atoms with Gasteiger partial charge in [0, 0.05) is 5.56 Å². The molecule has 0 radical (unpaired) electrons. The summed E-state index contributed by atoms with van der Waals surface area (Å²) in [6.45, 7) is -0.0535. The molecule has 27 heavy (non-hydrogen) atoms. The predicted molar refractivity (Wildman–Crippen MR) is 83.4 cm³/mol. The van der Waals surface area contributed by atoms with Gasteiger partial charge in [-0.05, 0) is 12.1 Å². The molecule has 4 rings (SSSR count). The maximum atomic E-state index is 13.9. The van der Waals surface area contributed by atoms with Crippen LogP contribution < -0.4 is 0 Å². The number of fused-ring (bicyclic) bond motifs is 1. The molecule has 0 aliphatic rings. The van der Waals surface area contributed by atoms with Gasteiger partial charge in [-0.3, -0.25) is 5.10 Å². The fourth-order valence-corrected chi connectivity index (χ4v) is 2.60. The van der Waals surface area contributed by atoms with Gasteiger partial charge in [0.05, 0.1) is 18.1 Å². The largest absolute Gasteiger partial charge is 0.453 e. The molecule has 0 bridgehead atoms. The highest BCUT2D eigenvalue weighted by Crippen LogP contribution is 2.30. The maximum absolute atomic E-state index is 13.9. The predicted octanol–water partition coefficient (Wildman–Crippen LogP) is 3.56. The molecular formula is C16H9F5N6. The van der Waals surface area contributed by atoms with Gasteiger partial charge in [0.2, 0.25) is 0 Å². The van der Waals surface area contributed by atoms with E-state index in [1.54, 1.807) is 6.07 Å². The molecule has 0 saturated carbocycles. The van der Waals surface area contributed by atoms with Gasteiger partial charge in [-0.2, -0.15) is 18.3 Å². The van der Waals surface area contributed by atoms with Crippen molar-refractivity contribution in [3.8, 4) is 11.5 Å². The first-order valence-electron chi connectivity index (χ1n) is 7.58. The van der Waals surface area contributed by atoms with Crippen molar-refractivity contribution in [3.63, 3.8) is 0 Å².